The van der Waals surface area contributed by atoms with Crippen LogP contribution in [0, 0.1) is 0 Å². The third-order valence-electron chi connectivity index (χ3n) is 1.32. The minimum absolute atomic E-state index is 0.373. The van der Waals surface area contributed by atoms with Crippen LogP contribution in [0.2, 0.25) is 0 Å². The molecule has 1 aromatic heterocycles. The molecule has 15 heavy (non-hydrogen) atoms. The van der Waals surface area contributed by atoms with Crippen LogP contribution in [-0.2, 0) is 0 Å². The average molecular weight is 212 g/mol. The molecule has 5 nitrogen and oxygen atoms in total. The van der Waals surface area contributed by atoms with E-state index in [1.54, 1.807) is 0 Å². The number of carboxylic acid groups (broad SMARTS) is 2. The SMILES string of the molecule is C=CCC.O=C(O)c1ccc(C(=O)O)o1. The van der Waals surface area contributed by atoms with Crippen molar-refractivity contribution in [3.63, 3.8) is 0 Å². The van der Waals surface area contributed by atoms with E-state index in [1.807, 2.05) is 6.08 Å². The van der Waals surface area contributed by atoms with E-state index in [0.717, 1.165) is 18.6 Å². The zero-order valence-electron chi connectivity index (χ0n) is 8.27. The molecule has 0 aliphatic heterocycles. The van der Waals surface area contributed by atoms with Gasteiger partial charge in [0, 0.05) is 0 Å². The second-order valence-corrected chi connectivity index (χ2v) is 2.47. The van der Waals surface area contributed by atoms with Gasteiger partial charge in [-0.2, -0.15) is 0 Å². The lowest BCUT2D eigenvalue weighted by Crippen LogP contribution is -1.94. The first-order valence-electron chi connectivity index (χ1n) is 4.20. The van der Waals surface area contributed by atoms with Gasteiger partial charge in [0.05, 0.1) is 0 Å². The van der Waals surface area contributed by atoms with Crippen LogP contribution in [0.1, 0.15) is 34.5 Å². The molecule has 0 amide bonds. The maximum Gasteiger partial charge on any atom is 0.371 e. The second kappa shape index (κ2) is 6.42. The topological polar surface area (TPSA) is 87.7 Å². The minimum Gasteiger partial charge on any atom is -0.475 e. The van der Waals surface area contributed by atoms with E-state index in [1.165, 1.54) is 0 Å². The third-order valence-corrected chi connectivity index (χ3v) is 1.32. The highest BCUT2D eigenvalue weighted by Gasteiger charge is 2.12. The van der Waals surface area contributed by atoms with Crippen molar-refractivity contribution in [2.24, 2.45) is 0 Å². The van der Waals surface area contributed by atoms with Gasteiger partial charge in [-0.1, -0.05) is 13.0 Å². The maximum absolute atomic E-state index is 10.2. The lowest BCUT2D eigenvalue weighted by molar-refractivity contribution is 0.0632. The maximum atomic E-state index is 10.2. The Labute approximate surface area is 86.6 Å². The van der Waals surface area contributed by atoms with Crippen LogP contribution in [0.3, 0.4) is 0 Å². The Morgan fingerprint density at radius 3 is 1.80 bits per heavy atom. The summed E-state index contributed by atoms with van der Waals surface area (Å²) in [4.78, 5) is 20.3. The molecular weight excluding hydrogens is 200 g/mol. The van der Waals surface area contributed by atoms with E-state index in [-0.39, 0.29) is 11.5 Å². The molecule has 0 fully saturated rings. The van der Waals surface area contributed by atoms with Gasteiger partial charge in [0.15, 0.2) is 0 Å². The van der Waals surface area contributed by atoms with E-state index in [4.69, 9.17) is 10.2 Å². The molecule has 1 rings (SSSR count). The predicted octanol–water partition coefficient (Wildman–Crippen LogP) is 2.26. The van der Waals surface area contributed by atoms with Crippen molar-refractivity contribution in [1.82, 2.24) is 0 Å². The minimum atomic E-state index is -1.28. The van der Waals surface area contributed by atoms with Gasteiger partial charge in [0.2, 0.25) is 11.5 Å². The van der Waals surface area contributed by atoms with E-state index in [9.17, 15) is 9.59 Å². The van der Waals surface area contributed by atoms with E-state index < -0.39 is 11.9 Å². The van der Waals surface area contributed by atoms with E-state index in [2.05, 4.69) is 17.9 Å². The normalized spacial score (nSPS) is 8.60. The summed E-state index contributed by atoms with van der Waals surface area (Å²) in [5.74, 6) is -3.31. The molecule has 0 aromatic carbocycles. The molecule has 1 aromatic rings. The quantitative estimate of drug-likeness (QED) is 0.750. The second-order valence-electron chi connectivity index (χ2n) is 2.47. The smallest absolute Gasteiger partial charge is 0.371 e. The summed E-state index contributed by atoms with van der Waals surface area (Å²) >= 11 is 0. The molecule has 0 radical (unpaired) electrons. The number of aromatic carboxylic acids is 2. The van der Waals surface area contributed by atoms with Crippen molar-refractivity contribution in [3.8, 4) is 0 Å². The van der Waals surface area contributed by atoms with Crippen LogP contribution in [0.25, 0.3) is 0 Å². The number of hydrogen-bond donors (Lipinski definition) is 2. The number of hydrogen-bond acceptors (Lipinski definition) is 3. The fraction of sp³-hybridized carbons (Fsp3) is 0.200. The Hall–Kier alpha value is -2.04. The van der Waals surface area contributed by atoms with Crippen molar-refractivity contribution in [1.29, 1.82) is 0 Å². The summed E-state index contributed by atoms with van der Waals surface area (Å²) < 4.78 is 4.41. The van der Waals surface area contributed by atoms with Crippen molar-refractivity contribution >= 4 is 11.9 Å². The summed E-state index contributed by atoms with van der Waals surface area (Å²) in [6.45, 7) is 5.54. The Bertz CT molecular complexity index is 322. The molecule has 0 atom stereocenters. The van der Waals surface area contributed by atoms with Crippen LogP contribution in [0.15, 0.2) is 29.2 Å². The van der Waals surface area contributed by atoms with Gasteiger partial charge in [0.25, 0.3) is 0 Å². The molecule has 0 bridgehead atoms. The van der Waals surface area contributed by atoms with Crippen molar-refractivity contribution < 1.29 is 24.2 Å². The summed E-state index contributed by atoms with van der Waals surface area (Å²) in [5, 5.41) is 16.6. The summed E-state index contributed by atoms with van der Waals surface area (Å²) in [6.07, 6.45) is 2.96. The molecule has 0 spiro atoms. The Balaban J connectivity index is 0.000000423. The van der Waals surface area contributed by atoms with E-state index >= 15 is 0 Å². The summed E-state index contributed by atoms with van der Waals surface area (Å²) in [6, 6.07) is 2.18. The van der Waals surface area contributed by atoms with Gasteiger partial charge in [-0.15, -0.1) is 6.58 Å². The van der Waals surface area contributed by atoms with Crippen LogP contribution in [0.5, 0.6) is 0 Å². The van der Waals surface area contributed by atoms with Crippen LogP contribution in [-0.4, -0.2) is 22.2 Å². The highest BCUT2D eigenvalue weighted by Crippen LogP contribution is 2.06. The zero-order chi connectivity index (χ0) is 11.8. The van der Waals surface area contributed by atoms with Crippen molar-refractivity contribution in [2.45, 2.75) is 13.3 Å². The molecule has 0 saturated carbocycles. The standard InChI is InChI=1S/C6H4O5.C4H8/c7-5(8)3-1-2-4(11-3)6(9)10;1-3-4-2/h1-2H,(H,7,8)(H,9,10);3H,1,4H2,2H3. The van der Waals surface area contributed by atoms with Crippen LogP contribution < -0.4 is 0 Å². The lowest BCUT2D eigenvalue weighted by Gasteiger charge is -1.84. The monoisotopic (exact) mass is 212 g/mol. The Morgan fingerprint density at radius 1 is 1.33 bits per heavy atom. The average Bonchev–Trinajstić information content (AvgIpc) is 2.67. The Kier molecular flexibility index (Phi) is 5.55. The molecular formula is C10H12O5. The number of rotatable bonds is 3. The number of carboxylic acids is 2. The predicted molar refractivity (Wildman–Crippen MR) is 53.1 cm³/mol. The first kappa shape index (κ1) is 13.0. The molecule has 0 unspecified atom stereocenters. The first-order valence-corrected chi connectivity index (χ1v) is 4.20. The van der Waals surface area contributed by atoms with Gasteiger partial charge in [-0.05, 0) is 18.6 Å². The summed E-state index contributed by atoms with van der Waals surface area (Å²) in [7, 11) is 0. The van der Waals surface area contributed by atoms with Gasteiger partial charge < -0.3 is 14.6 Å². The van der Waals surface area contributed by atoms with Crippen LogP contribution in [0.4, 0.5) is 0 Å². The fourth-order valence-electron chi connectivity index (χ4n) is 0.568. The lowest BCUT2D eigenvalue weighted by atomic mass is 10.4. The Morgan fingerprint density at radius 2 is 1.67 bits per heavy atom. The molecule has 82 valence electrons. The number of furan rings is 1. The van der Waals surface area contributed by atoms with Crippen molar-refractivity contribution in [3.05, 3.63) is 36.3 Å². The molecule has 1 heterocycles. The highest BCUT2D eigenvalue weighted by molar-refractivity contribution is 5.88. The molecule has 0 aliphatic carbocycles. The molecule has 5 heteroatoms. The van der Waals surface area contributed by atoms with Gasteiger partial charge >= 0.3 is 11.9 Å². The largest absolute Gasteiger partial charge is 0.475 e. The zero-order valence-corrected chi connectivity index (χ0v) is 8.27. The molecule has 0 aliphatic rings. The van der Waals surface area contributed by atoms with E-state index in [0.29, 0.717) is 0 Å². The highest BCUT2D eigenvalue weighted by atomic mass is 16.4. The first-order chi connectivity index (χ1) is 7.02. The number of carbonyl (C=O) groups is 2. The van der Waals surface area contributed by atoms with Crippen molar-refractivity contribution in [2.75, 3.05) is 0 Å². The molecule has 2 N–H and O–H groups in total. The number of allylic oxidation sites excluding steroid dienone is 1. The van der Waals surface area contributed by atoms with Gasteiger partial charge in [-0.3, -0.25) is 0 Å². The fourth-order valence-corrected chi connectivity index (χ4v) is 0.568. The van der Waals surface area contributed by atoms with Gasteiger partial charge in [0.1, 0.15) is 0 Å². The summed E-state index contributed by atoms with van der Waals surface area (Å²) in [5.41, 5.74) is 0. The van der Waals surface area contributed by atoms with Gasteiger partial charge in [-0.25, -0.2) is 9.59 Å². The van der Waals surface area contributed by atoms with Crippen LogP contribution >= 0.6 is 0 Å². The third kappa shape index (κ3) is 4.66. The molecule has 0 saturated heterocycles.